The van der Waals surface area contributed by atoms with E-state index < -0.39 is 5.54 Å². The van der Waals surface area contributed by atoms with Gasteiger partial charge >= 0.3 is 0 Å². The molecule has 0 radical (unpaired) electrons. The van der Waals surface area contributed by atoms with Crippen molar-refractivity contribution >= 4 is 5.91 Å². The van der Waals surface area contributed by atoms with E-state index in [1.54, 1.807) is 4.90 Å². The number of piperidine rings is 1. The average molecular weight is 178 g/mol. The minimum atomic E-state index is -0.449. The lowest BCUT2D eigenvalue weighted by atomic mass is 9.80. The summed E-state index contributed by atoms with van der Waals surface area (Å²) in [5.74, 6) is 0.527. The summed E-state index contributed by atoms with van der Waals surface area (Å²) in [4.78, 5) is 13.4. The van der Waals surface area contributed by atoms with Gasteiger partial charge in [-0.2, -0.15) is 5.26 Å². The molecular weight excluding hydrogens is 164 g/mol. The van der Waals surface area contributed by atoms with Crippen LogP contribution in [-0.4, -0.2) is 22.9 Å². The number of nitrogens with zero attached hydrogens (tertiary/aromatic N) is 2. The summed E-state index contributed by atoms with van der Waals surface area (Å²) in [7, 11) is 0. The second kappa shape index (κ2) is 2.73. The standard InChI is InChI=1S/C10H14N2O/c1-8-4-6-12-9(13)3-2-5-10(8,12)7-11/h8H,2-6H2,1H3. The first-order valence-electron chi connectivity index (χ1n) is 4.92. The number of carbonyl (C=O) groups is 1. The molecule has 2 aliphatic rings. The van der Waals surface area contributed by atoms with Crippen molar-refractivity contribution in [3.05, 3.63) is 0 Å². The molecule has 0 saturated carbocycles. The maximum Gasteiger partial charge on any atom is 0.223 e. The Morgan fingerprint density at radius 3 is 3.08 bits per heavy atom. The molecule has 0 N–H and O–H groups in total. The van der Waals surface area contributed by atoms with Gasteiger partial charge in [-0.05, 0) is 25.2 Å². The normalized spacial score (nSPS) is 38.6. The molecule has 2 atom stereocenters. The summed E-state index contributed by atoms with van der Waals surface area (Å²) < 4.78 is 0. The number of carbonyl (C=O) groups excluding carboxylic acids is 1. The third-order valence-electron chi connectivity index (χ3n) is 3.53. The Bertz CT molecular complexity index is 281. The summed E-state index contributed by atoms with van der Waals surface area (Å²) in [5.41, 5.74) is -0.449. The Morgan fingerprint density at radius 1 is 1.69 bits per heavy atom. The van der Waals surface area contributed by atoms with E-state index in [1.807, 2.05) is 0 Å². The van der Waals surface area contributed by atoms with Crippen molar-refractivity contribution in [2.24, 2.45) is 5.92 Å². The SMILES string of the molecule is CC1CCN2C(=O)CCCC12C#N. The summed E-state index contributed by atoms with van der Waals surface area (Å²) in [6, 6.07) is 2.36. The minimum absolute atomic E-state index is 0.178. The first-order chi connectivity index (χ1) is 6.20. The molecule has 0 aromatic rings. The zero-order chi connectivity index (χ0) is 9.47. The van der Waals surface area contributed by atoms with E-state index >= 15 is 0 Å². The van der Waals surface area contributed by atoms with Crippen LogP contribution in [0.5, 0.6) is 0 Å². The Labute approximate surface area is 78.3 Å². The van der Waals surface area contributed by atoms with Crippen LogP contribution in [0.3, 0.4) is 0 Å². The van der Waals surface area contributed by atoms with Gasteiger partial charge in [-0.1, -0.05) is 6.92 Å². The lowest BCUT2D eigenvalue weighted by Gasteiger charge is -2.39. The van der Waals surface area contributed by atoms with Gasteiger partial charge in [0.1, 0.15) is 5.54 Å². The molecular formula is C10H14N2O. The monoisotopic (exact) mass is 178 g/mol. The quantitative estimate of drug-likeness (QED) is 0.561. The van der Waals surface area contributed by atoms with E-state index in [0.717, 1.165) is 25.8 Å². The molecule has 3 heteroatoms. The van der Waals surface area contributed by atoms with Crippen LogP contribution in [0.25, 0.3) is 0 Å². The van der Waals surface area contributed by atoms with Gasteiger partial charge in [-0.15, -0.1) is 0 Å². The highest BCUT2D eigenvalue weighted by atomic mass is 16.2. The molecule has 0 aromatic carbocycles. The van der Waals surface area contributed by atoms with Gasteiger partial charge in [0.25, 0.3) is 0 Å². The van der Waals surface area contributed by atoms with E-state index in [4.69, 9.17) is 0 Å². The first kappa shape index (κ1) is 8.55. The summed E-state index contributed by atoms with van der Waals surface area (Å²) >= 11 is 0. The predicted molar refractivity (Wildman–Crippen MR) is 47.7 cm³/mol. The smallest absolute Gasteiger partial charge is 0.223 e. The molecule has 3 nitrogen and oxygen atoms in total. The van der Waals surface area contributed by atoms with Crippen LogP contribution in [0, 0.1) is 17.2 Å². The van der Waals surface area contributed by atoms with Gasteiger partial charge in [-0.3, -0.25) is 4.79 Å². The third-order valence-corrected chi connectivity index (χ3v) is 3.53. The van der Waals surface area contributed by atoms with Crippen LogP contribution in [0.1, 0.15) is 32.6 Å². The summed E-state index contributed by atoms with van der Waals surface area (Å²) in [6.07, 6.45) is 3.37. The molecule has 2 saturated heterocycles. The number of amides is 1. The molecule has 2 aliphatic heterocycles. The fourth-order valence-electron chi connectivity index (χ4n) is 2.63. The number of rotatable bonds is 0. The Morgan fingerprint density at radius 2 is 2.46 bits per heavy atom. The highest BCUT2D eigenvalue weighted by Crippen LogP contribution is 2.41. The van der Waals surface area contributed by atoms with Gasteiger partial charge in [0, 0.05) is 13.0 Å². The van der Waals surface area contributed by atoms with Gasteiger partial charge in [0.15, 0.2) is 0 Å². The fourth-order valence-corrected chi connectivity index (χ4v) is 2.63. The van der Waals surface area contributed by atoms with Crippen LogP contribution in [0.4, 0.5) is 0 Å². The van der Waals surface area contributed by atoms with E-state index in [0.29, 0.717) is 12.3 Å². The molecule has 2 unspecified atom stereocenters. The summed E-state index contributed by atoms with van der Waals surface area (Å²) in [5, 5.41) is 9.20. The Kier molecular flexibility index (Phi) is 1.80. The maximum atomic E-state index is 11.6. The Balaban J connectivity index is 2.36. The second-order valence-electron chi connectivity index (χ2n) is 4.12. The number of hydrogen-bond donors (Lipinski definition) is 0. The van der Waals surface area contributed by atoms with Crippen LogP contribution in [0.15, 0.2) is 0 Å². The zero-order valence-corrected chi connectivity index (χ0v) is 7.92. The molecule has 0 spiro atoms. The highest BCUT2D eigenvalue weighted by molar-refractivity contribution is 5.79. The average Bonchev–Trinajstić information content (AvgIpc) is 2.46. The van der Waals surface area contributed by atoms with E-state index in [9.17, 15) is 10.1 Å². The Hall–Kier alpha value is -1.04. The van der Waals surface area contributed by atoms with Gasteiger partial charge in [-0.25, -0.2) is 0 Å². The molecule has 0 aromatic heterocycles. The largest absolute Gasteiger partial charge is 0.324 e. The molecule has 2 rings (SSSR count). The van der Waals surface area contributed by atoms with Crippen LogP contribution in [0.2, 0.25) is 0 Å². The van der Waals surface area contributed by atoms with Crippen molar-refractivity contribution in [3.8, 4) is 6.07 Å². The number of hydrogen-bond acceptors (Lipinski definition) is 2. The molecule has 0 bridgehead atoms. The molecule has 2 heterocycles. The van der Waals surface area contributed by atoms with Crippen LogP contribution < -0.4 is 0 Å². The molecule has 13 heavy (non-hydrogen) atoms. The van der Waals surface area contributed by atoms with E-state index in [-0.39, 0.29) is 5.91 Å². The maximum absolute atomic E-state index is 11.6. The van der Waals surface area contributed by atoms with Gasteiger partial charge < -0.3 is 4.90 Å². The highest BCUT2D eigenvalue weighted by Gasteiger charge is 2.50. The van der Waals surface area contributed by atoms with E-state index in [1.165, 1.54) is 0 Å². The number of nitriles is 1. The zero-order valence-electron chi connectivity index (χ0n) is 7.92. The van der Waals surface area contributed by atoms with Crippen LogP contribution in [-0.2, 0) is 4.79 Å². The first-order valence-corrected chi connectivity index (χ1v) is 4.92. The lowest BCUT2D eigenvalue weighted by molar-refractivity contribution is -0.137. The van der Waals surface area contributed by atoms with E-state index in [2.05, 4.69) is 13.0 Å². The summed E-state index contributed by atoms with van der Waals surface area (Å²) in [6.45, 7) is 2.87. The molecule has 70 valence electrons. The molecule has 1 amide bonds. The van der Waals surface area contributed by atoms with Crippen molar-refractivity contribution in [3.63, 3.8) is 0 Å². The third kappa shape index (κ3) is 0.980. The number of fused-ring (bicyclic) bond motifs is 1. The van der Waals surface area contributed by atoms with Crippen molar-refractivity contribution in [2.45, 2.75) is 38.1 Å². The van der Waals surface area contributed by atoms with Crippen molar-refractivity contribution in [1.29, 1.82) is 5.26 Å². The topological polar surface area (TPSA) is 44.1 Å². The minimum Gasteiger partial charge on any atom is -0.324 e. The van der Waals surface area contributed by atoms with Crippen molar-refractivity contribution < 1.29 is 4.79 Å². The van der Waals surface area contributed by atoms with Crippen molar-refractivity contribution in [1.82, 2.24) is 4.90 Å². The predicted octanol–water partition coefficient (Wildman–Crippen LogP) is 1.30. The van der Waals surface area contributed by atoms with Gasteiger partial charge in [0.2, 0.25) is 5.91 Å². The molecule has 0 aliphatic carbocycles. The second-order valence-corrected chi connectivity index (χ2v) is 4.12. The lowest BCUT2D eigenvalue weighted by Crippen LogP contribution is -2.52. The van der Waals surface area contributed by atoms with Crippen LogP contribution >= 0.6 is 0 Å². The van der Waals surface area contributed by atoms with Gasteiger partial charge in [0.05, 0.1) is 6.07 Å². The fraction of sp³-hybridized carbons (Fsp3) is 0.800. The molecule has 2 fully saturated rings. The van der Waals surface area contributed by atoms with Crippen molar-refractivity contribution in [2.75, 3.05) is 6.54 Å².